The summed E-state index contributed by atoms with van der Waals surface area (Å²) >= 11 is 0. The Bertz CT molecular complexity index is 1010. The summed E-state index contributed by atoms with van der Waals surface area (Å²) in [5, 5.41) is 0. The van der Waals surface area contributed by atoms with Crippen molar-refractivity contribution >= 4 is 13.8 Å². The molecule has 0 radical (unpaired) electrons. The summed E-state index contributed by atoms with van der Waals surface area (Å²) in [6, 6.07) is 0. The van der Waals surface area contributed by atoms with Gasteiger partial charge in [0.2, 0.25) is 0 Å². The number of carbonyl (C=O) groups excluding carboxylic acids is 1. The van der Waals surface area contributed by atoms with Crippen LogP contribution < -0.4 is 0 Å². The molecular weight excluding hydrogens is 661 g/mol. The van der Waals surface area contributed by atoms with E-state index in [0.717, 1.165) is 73.5 Å². The van der Waals surface area contributed by atoms with Crippen molar-refractivity contribution in [2.75, 3.05) is 54.1 Å². The second-order valence-corrected chi connectivity index (χ2v) is 19.5. The Morgan fingerprint density at radius 1 is 0.686 bits per heavy atom. The summed E-state index contributed by atoms with van der Waals surface area (Å²) in [5.41, 5.74) is 0. The molecule has 0 heterocycles. The molecule has 4 aliphatic carbocycles. The van der Waals surface area contributed by atoms with Crippen molar-refractivity contribution in [3.05, 3.63) is 0 Å². The number of carbonyl (C=O) groups is 1. The molecular formula is C42H79NO7P+. The molecule has 298 valence electrons. The molecule has 0 aliphatic heterocycles. The lowest BCUT2D eigenvalue weighted by Gasteiger charge is -2.74. The molecule has 0 aromatic rings. The number of ether oxygens (including phenoxy) is 2. The molecule has 0 bridgehead atoms. The highest BCUT2D eigenvalue weighted by Gasteiger charge is 2.68. The highest BCUT2D eigenvalue weighted by molar-refractivity contribution is 7.47. The number of nitrogens with zero attached hydrogens (tertiary/aromatic N) is 1. The number of quaternary nitrogens is 1. The van der Waals surface area contributed by atoms with Gasteiger partial charge in [0.25, 0.3) is 0 Å². The van der Waals surface area contributed by atoms with Gasteiger partial charge in [-0.25, -0.2) is 4.57 Å². The molecule has 4 saturated carbocycles. The van der Waals surface area contributed by atoms with Gasteiger partial charge in [0.15, 0.2) is 0 Å². The topological polar surface area (TPSA) is 91.3 Å². The summed E-state index contributed by atoms with van der Waals surface area (Å²) in [5.74, 6) is 7.58. The predicted molar refractivity (Wildman–Crippen MR) is 206 cm³/mol. The number of unbranched alkanes of at least 4 members (excludes halogenated alkanes) is 15. The van der Waals surface area contributed by atoms with E-state index in [-0.39, 0.29) is 25.8 Å². The fourth-order valence-electron chi connectivity index (χ4n) is 9.97. The van der Waals surface area contributed by atoms with Crippen molar-refractivity contribution in [1.29, 1.82) is 0 Å². The van der Waals surface area contributed by atoms with Crippen molar-refractivity contribution in [3.8, 4) is 0 Å². The van der Waals surface area contributed by atoms with E-state index in [0.29, 0.717) is 24.1 Å². The maximum Gasteiger partial charge on any atom is 0.472 e. The van der Waals surface area contributed by atoms with Crippen LogP contribution in [0, 0.1) is 41.4 Å². The molecule has 8 unspecified atom stereocenters. The van der Waals surface area contributed by atoms with E-state index in [1.807, 2.05) is 21.1 Å². The first-order valence-electron chi connectivity index (χ1n) is 21.8. The van der Waals surface area contributed by atoms with Gasteiger partial charge >= 0.3 is 13.8 Å². The van der Waals surface area contributed by atoms with Crippen LogP contribution in [-0.2, 0) is 27.9 Å². The Morgan fingerprint density at radius 3 is 1.86 bits per heavy atom. The average Bonchev–Trinajstić information content (AvgIpc) is 3.07. The van der Waals surface area contributed by atoms with Gasteiger partial charge in [0.1, 0.15) is 25.9 Å². The van der Waals surface area contributed by atoms with Crippen molar-refractivity contribution in [2.45, 2.75) is 167 Å². The summed E-state index contributed by atoms with van der Waals surface area (Å²) in [6.07, 6.45) is 29.6. The SMILES string of the molecule is CCCCCCCCCCCCCC(=O)OC[C@H](COP(=O)(O)OCC[N+](C)(C)C)OCCCCCCCCC1CCC2C(C1)C1C3CCC3C21. The Kier molecular flexibility index (Phi) is 19.3. The molecule has 9 heteroatoms. The molecule has 9 atom stereocenters. The third-order valence-corrected chi connectivity index (χ3v) is 14.1. The van der Waals surface area contributed by atoms with Crippen molar-refractivity contribution in [3.63, 3.8) is 0 Å². The molecule has 0 amide bonds. The van der Waals surface area contributed by atoms with Crippen LogP contribution in [0.5, 0.6) is 0 Å². The average molecular weight is 741 g/mol. The second kappa shape index (κ2) is 22.8. The minimum atomic E-state index is -4.23. The van der Waals surface area contributed by atoms with Gasteiger partial charge in [0.05, 0.1) is 27.7 Å². The number of fused-ring (bicyclic) bond motifs is 7. The minimum absolute atomic E-state index is 0.0150. The molecule has 51 heavy (non-hydrogen) atoms. The summed E-state index contributed by atoms with van der Waals surface area (Å²) in [4.78, 5) is 22.7. The zero-order valence-corrected chi connectivity index (χ0v) is 34.3. The number of phosphoric acid groups is 1. The van der Waals surface area contributed by atoms with Crippen LogP contribution in [0.25, 0.3) is 0 Å². The number of rotatable bonds is 31. The van der Waals surface area contributed by atoms with Crippen LogP contribution in [0.3, 0.4) is 0 Å². The van der Waals surface area contributed by atoms with Crippen LogP contribution >= 0.6 is 7.82 Å². The maximum atomic E-state index is 12.5. The van der Waals surface area contributed by atoms with Crippen molar-refractivity contribution < 1.29 is 37.3 Å². The normalized spacial score (nSPS) is 28.3. The fourth-order valence-corrected chi connectivity index (χ4v) is 10.7. The lowest BCUT2D eigenvalue weighted by atomic mass is 9.30. The number of hydrogen-bond acceptors (Lipinski definition) is 6. The summed E-state index contributed by atoms with van der Waals surface area (Å²) in [7, 11) is 1.75. The molecule has 1 N–H and O–H groups in total. The lowest BCUT2D eigenvalue weighted by Crippen LogP contribution is -2.69. The molecule has 0 aromatic carbocycles. The van der Waals surface area contributed by atoms with E-state index in [9.17, 15) is 14.3 Å². The smallest absolute Gasteiger partial charge is 0.463 e. The molecule has 0 spiro atoms. The molecule has 4 rings (SSSR count). The van der Waals surface area contributed by atoms with Crippen molar-refractivity contribution in [1.82, 2.24) is 0 Å². The van der Waals surface area contributed by atoms with Crippen molar-refractivity contribution in [2.24, 2.45) is 41.4 Å². The van der Waals surface area contributed by atoms with Gasteiger partial charge in [0, 0.05) is 13.0 Å². The van der Waals surface area contributed by atoms with Crippen LogP contribution in [0.4, 0.5) is 0 Å². The lowest BCUT2D eigenvalue weighted by molar-refractivity contribution is -0.870. The highest BCUT2D eigenvalue weighted by Crippen LogP contribution is 2.74. The highest BCUT2D eigenvalue weighted by atomic mass is 31.2. The van der Waals surface area contributed by atoms with Crippen LogP contribution in [-0.4, -0.2) is 75.6 Å². The number of hydrogen-bond donors (Lipinski definition) is 1. The first-order valence-corrected chi connectivity index (χ1v) is 23.3. The summed E-state index contributed by atoms with van der Waals surface area (Å²) in [6.45, 7) is 3.31. The largest absolute Gasteiger partial charge is 0.472 e. The first-order chi connectivity index (χ1) is 24.6. The monoisotopic (exact) mass is 741 g/mol. The standard InChI is InChI=1S/C42H78NO7P/c1-5-6-7-8-9-10-11-12-13-17-20-23-40(44)48-32-35(33-50-51(45,46)49-30-28-43(2,3)4)47-29-21-18-15-14-16-19-22-34-24-25-38-39(31-34)42-37-27-26-36(37)41(38)42/h34-39,41-42H,5-33H2,1-4H3/p+1/t34?,35-,36?,37?,38?,39?,41?,42?/m1/s1. The summed E-state index contributed by atoms with van der Waals surface area (Å²) < 4.78 is 35.2. The van der Waals surface area contributed by atoms with Gasteiger partial charge in [-0.05, 0) is 80.0 Å². The molecule has 0 saturated heterocycles. The molecule has 8 nitrogen and oxygen atoms in total. The molecule has 4 fully saturated rings. The van der Waals surface area contributed by atoms with E-state index in [1.54, 1.807) is 19.3 Å². The van der Waals surface area contributed by atoms with Gasteiger partial charge in [-0.3, -0.25) is 13.8 Å². The molecule has 0 aromatic heterocycles. The van der Waals surface area contributed by atoms with E-state index in [4.69, 9.17) is 18.5 Å². The first kappa shape index (κ1) is 43.2. The zero-order chi connectivity index (χ0) is 36.5. The predicted octanol–water partition coefficient (Wildman–Crippen LogP) is 10.5. The minimum Gasteiger partial charge on any atom is -0.463 e. The van der Waals surface area contributed by atoms with E-state index >= 15 is 0 Å². The van der Waals surface area contributed by atoms with E-state index < -0.39 is 13.9 Å². The van der Waals surface area contributed by atoms with E-state index in [1.165, 1.54) is 96.3 Å². The number of esters is 1. The second-order valence-electron chi connectivity index (χ2n) is 18.0. The third-order valence-electron chi connectivity index (χ3n) is 13.1. The van der Waals surface area contributed by atoms with Gasteiger partial charge in [-0.15, -0.1) is 0 Å². The van der Waals surface area contributed by atoms with Crippen LogP contribution in [0.2, 0.25) is 0 Å². The Labute approximate surface area is 313 Å². The number of likely N-dealkylation sites (N-methyl/N-ethyl adjacent to an activating group) is 1. The number of phosphoric ester groups is 1. The van der Waals surface area contributed by atoms with Gasteiger partial charge in [-0.2, -0.15) is 0 Å². The van der Waals surface area contributed by atoms with Crippen LogP contribution in [0.1, 0.15) is 161 Å². The van der Waals surface area contributed by atoms with Gasteiger partial charge < -0.3 is 18.9 Å². The van der Waals surface area contributed by atoms with Gasteiger partial charge in [-0.1, -0.05) is 116 Å². The Morgan fingerprint density at radius 2 is 1.24 bits per heavy atom. The third kappa shape index (κ3) is 15.3. The maximum absolute atomic E-state index is 12.5. The fraction of sp³-hybridized carbons (Fsp3) is 0.976. The zero-order valence-electron chi connectivity index (χ0n) is 33.4. The Balaban J connectivity index is 1.03. The molecule has 4 aliphatic rings. The quantitative estimate of drug-likeness (QED) is 0.0327. The van der Waals surface area contributed by atoms with Crippen LogP contribution in [0.15, 0.2) is 0 Å². The Hall–Kier alpha value is -0.500. The van der Waals surface area contributed by atoms with E-state index in [2.05, 4.69) is 6.92 Å².